The number of benzene rings is 1. The molecule has 0 atom stereocenters. The molecule has 0 unspecified atom stereocenters. The Morgan fingerprint density at radius 3 is 2.62 bits per heavy atom. The van der Waals surface area contributed by atoms with Crippen LogP contribution in [0.15, 0.2) is 53.3 Å². The van der Waals surface area contributed by atoms with E-state index in [4.69, 9.17) is 14.0 Å². The van der Waals surface area contributed by atoms with Gasteiger partial charge in [0.05, 0.1) is 6.54 Å². The van der Waals surface area contributed by atoms with Gasteiger partial charge < -0.3 is 24.2 Å². The second-order valence-electron chi connectivity index (χ2n) is 7.87. The van der Waals surface area contributed by atoms with Gasteiger partial charge in [-0.1, -0.05) is 19.0 Å². The molecule has 9 heteroatoms. The lowest BCUT2D eigenvalue weighted by atomic mass is 10.1. The molecule has 2 amide bonds. The first-order valence-electron chi connectivity index (χ1n) is 10.3. The van der Waals surface area contributed by atoms with Crippen LogP contribution in [-0.4, -0.2) is 40.2 Å². The fourth-order valence-electron chi connectivity index (χ4n) is 3.19. The minimum absolute atomic E-state index is 0.132. The number of carbonyl (C=O) groups is 2. The molecule has 0 radical (unpaired) electrons. The number of fused-ring (bicyclic) bond motifs is 1. The van der Waals surface area contributed by atoms with Gasteiger partial charge in [-0.2, -0.15) is 0 Å². The van der Waals surface area contributed by atoms with E-state index in [0.717, 1.165) is 5.56 Å². The molecule has 2 aromatic heterocycles. The van der Waals surface area contributed by atoms with Crippen molar-refractivity contribution < 1.29 is 23.6 Å². The Kier molecular flexibility index (Phi) is 6.34. The van der Waals surface area contributed by atoms with Crippen LogP contribution in [0, 0.1) is 5.92 Å². The second kappa shape index (κ2) is 9.51. The summed E-state index contributed by atoms with van der Waals surface area (Å²) in [5.74, 6) is 1.33. The maximum Gasteiger partial charge on any atom is 0.273 e. The van der Waals surface area contributed by atoms with Gasteiger partial charge in [-0.15, -0.1) is 0 Å². The lowest BCUT2D eigenvalue weighted by Gasteiger charge is -2.21. The van der Waals surface area contributed by atoms with Crippen LogP contribution in [0.5, 0.6) is 11.5 Å². The minimum atomic E-state index is -0.309. The number of rotatable bonds is 8. The van der Waals surface area contributed by atoms with Gasteiger partial charge >= 0.3 is 0 Å². The highest BCUT2D eigenvalue weighted by Gasteiger charge is 2.23. The fourth-order valence-corrected chi connectivity index (χ4v) is 3.19. The van der Waals surface area contributed by atoms with E-state index >= 15 is 0 Å². The summed E-state index contributed by atoms with van der Waals surface area (Å²) in [7, 11) is 0. The normalized spacial score (nSPS) is 12.1. The van der Waals surface area contributed by atoms with E-state index in [1.807, 2.05) is 26.0 Å². The third kappa shape index (κ3) is 5.05. The summed E-state index contributed by atoms with van der Waals surface area (Å²) >= 11 is 0. The molecule has 1 N–H and O–H groups in total. The van der Waals surface area contributed by atoms with Crippen molar-refractivity contribution in [3.8, 4) is 11.5 Å². The van der Waals surface area contributed by atoms with Crippen molar-refractivity contribution >= 4 is 11.8 Å². The number of amides is 2. The average molecular weight is 436 g/mol. The molecule has 0 spiro atoms. The van der Waals surface area contributed by atoms with E-state index in [9.17, 15) is 9.59 Å². The third-order valence-electron chi connectivity index (χ3n) is 4.84. The van der Waals surface area contributed by atoms with Crippen molar-refractivity contribution in [2.75, 3.05) is 13.3 Å². The van der Waals surface area contributed by atoms with Crippen LogP contribution in [0.3, 0.4) is 0 Å². The molecule has 166 valence electrons. The number of nitrogens with zero attached hydrogens (tertiary/aromatic N) is 3. The van der Waals surface area contributed by atoms with E-state index in [-0.39, 0.29) is 30.8 Å². The van der Waals surface area contributed by atoms with Gasteiger partial charge in [0.1, 0.15) is 0 Å². The van der Waals surface area contributed by atoms with Gasteiger partial charge in [0.15, 0.2) is 23.0 Å². The highest BCUT2D eigenvalue weighted by Crippen LogP contribution is 2.33. The molecule has 0 fully saturated rings. The van der Waals surface area contributed by atoms with Crippen LogP contribution in [-0.2, 0) is 13.1 Å². The SMILES string of the molecule is CC(C)CNC(=O)c1cc(CN(Cc2ccncc2)C(=O)c2ccc3c(c2)OCO3)on1. The van der Waals surface area contributed by atoms with Gasteiger partial charge in [-0.25, -0.2) is 0 Å². The molecule has 0 aliphatic carbocycles. The number of pyridine rings is 1. The Morgan fingerprint density at radius 1 is 1.06 bits per heavy atom. The first kappa shape index (κ1) is 21.4. The van der Waals surface area contributed by atoms with Crippen LogP contribution in [0.4, 0.5) is 0 Å². The summed E-state index contributed by atoms with van der Waals surface area (Å²) in [5.41, 5.74) is 1.54. The lowest BCUT2D eigenvalue weighted by Crippen LogP contribution is -2.30. The molecule has 1 aromatic carbocycles. The highest BCUT2D eigenvalue weighted by molar-refractivity contribution is 5.95. The van der Waals surface area contributed by atoms with Crippen LogP contribution in [0.1, 0.15) is 46.0 Å². The van der Waals surface area contributed by atoms with Crippen molar-refractivity contribution in [3.63, 3.8) is 0 Å². The van der Waals surface area contributed by atoms with Gasteiger partial charge in [0, 0.05) is 37.1 Å². The van der Waals surface area contributed by atoms with Gasteiger partial charge in [0.2, 0.25) is 6.79 Å². The molecule has 0 saturated heterocycles. The molecular formula is C23H24N4O5. The zero-order valence-electron chi connectivity index (χ0n) is 17.9. The smallest absolute Gasteiger partial charge is 0.273 e. The van der Waals surface area contributed by atoms with Gasteiger partial charge in [-0.05, 0) is 41.8 Å². The Hall–Kier alpha value is -3.88. The maximum absolute atomic E-state index is 13.3. The molecule has 4 rings (SSSR count). The lowest BCUT2D eigenvalue weighted by molar-refractivity contribution is 0.0712. The molecule has 9 nitrogen and oxygen atoms in total. The summed E-state index contributed by atoms with van der Waals surface area (Å²) in [6.45, 7) is 5.15. The number of nitrogens with one attached hydrogen (secondary N) is 1. The van der Waals surface area contributed by atoms with Crippen molar-refractivity contribution in [1.82, 2.24) is 20.4 Å². The number of hydrogen-bond acceptors (Lipinski definition) is 7. The summed E-state index contributed by atoms with van der Waals surface area (Å²) in [5, 5.41) is 6.66. The van der Waals surface area contributed by atoms with Crippen molar-refractivity contribution in [1.29, 1.82) is 0 Å². The van der Waals surface area contributed by atoms with E-state index in [1.54, 1.807) is 41.6 Å². The molecule has 0 saturated carbocycles. The summed E-state index contributed by atoms with van der Waals surface area (Å²) in [6, 6.07) is 10.3. The first-order valence-corrected chi connectivity index (χ1v) is 10.3. The summed E-state index contributed by atoms with van der Waals surface area (Å²) in [4.78, 5) is 31.2. The first-order chi connectivity index (χ1) is 15.5. The van der Waals surface area contributed by atoms with E-state index in [1.165, 1.54) is 0 Å². The molecule has 0 bridgehead atoms. The second-order valence-corrected chi connectivity index (χ2v) is 7.87. The average Bonchev–Trinajstić information content (AvgIpc) is 3.46. The Morgan fingerprint density at radius 2 is 1.84 bits per heavy atom. The predicted molar refractivity (Wildman–Crippen MR) is 114 cm³/mol. The molecular weight excluding hydrogens is 412 g/mol. The third-order valence-corrected chi connectivity index (χ3v) is 4.84. The van der Waals surface area contributed by atoms with Gasteiger partial charge in [0.25, 0.3) is 11.8 Å². The largest absolute Gasteiger partial charge is 0.454 e. The summed E-state index contributed by atoms with van der Waals surface area (Å²) < 4.78 is 16.1. The molecule has 3 aromatic rings. The molecule has 1 aliphatic rings. The van der Waals surface area contributed by atoms with Crippen LogP contribution in [0.25, 0.3) is 0 Å². The van der Waals surface area contributed by atoms with E-state index < -0.39 is 0 Å². The predicted octanol–water partition coefficient (Wildman–Crippen LogP) is 3.03. The van der Waals surface area contributed by atoms with Crippen LogP contribution >= 0.6 is 0 Å². The number of hydrogen-bond donors (Lipinski definition) is 1. The standard InChI is InChI=1S/C23H24N4O5/c1-15(2)11-25-22(28)19-10-18(32-26-19)13-27(12-16-5-7-24-8-6-16)23(29)17-3-4-20-21(9-17)31-14-30-20/h3-10,15H,11-14H2,1-2H3,(H,25,28). The topological polar surface area (TPSA) is 107 Å². The monoisotopic (exact) mass is 436 g/mol. The van der Waals surface area contributed by atoms with Gasteiger partial charge in [-0.3, -0.25) is 14.6 Å². The number of carbonyl (C=O) groups excluding carboxylic acids is 2. The number of aromatic nitrogens is 2. The minimum Gasteiger partial charge on any atom is -0.454 e. The maximum atomic E-state index is 13.3. The Balaban J connectivity index is 1.53. The molecule has 1 aliphatic heterocycles. The van der Waals surface area contributed by atoms with E-state index in [2.05, 4.69) is 15.5 Å². The highest BCUT2D eigenvalue weighted by atomic mass is 16.7. The van der Waals surface area contributed by atoms with Crippen LogP contribution in [0.2, 0.25) is 0 Å². The van der Waals surface area contributed by atoms with Crippen molar-refractivity contribution in [2.24, 2.45) is 5.92 Å². The van der Waals surface area contributed by atoms with E-state index in [0.29, 0.717) is 41.8 Å². The molecule has 32 heavy (non-hydrogen) atoms. The van der Waals surface area contributed by atoms with Crippen molar-refractivity contribution in [3.05, 3.63) is 71.4 Å². The quantitative estimate of drug-likeness (QED) is 0.578. The Bertz CT molecular complexity index is 1100. The molecule has 3 heterocycles. The Labute approximate surface area is 185 Å². The van der Waals surface area contributed by atoms with Crippen molar-refractivity contribution in [2.45, 2.75) is 26.9 Å². The summed E-state index contributed by atoms with van der Waals surface area (Å²) in [6.07, 6.45) is 3.34. The number of ether oxygens (including phenoxy) is 2. The zero-order chi connectivity index (χ0) is 22.5. The zero-order valence-corrected chi connectivity index (χ0v) is 17.9. The van der Waals surface area contributed by atoms with Crippen LogP contribution < -0.4 is 14.8 Å². The fraction of sp³-hybridized carbons (Fsp3) is 0.304.